The first kappa shape index (κ1) is 11.8. The van der Waals surface area contributed by atoms with Crippen LogP contribution in [0, 0.1) is 0 Å². The lowest BCUT2D eigenvalue weighted by atomic mass is 10.2. The van der Waals surface area contributed by atoms with Gasteiger partial charge >= 0.3 is 5.97 Å². The first-order valence-corrected chi connectivity index (χ1v) is 5.49. The van der Waals surface area contributed by atoms with Gasteiger partial charge in [-0.15, -0.1) is 0 Å². The summed E-state index contributed by atoms with van der Waals surface area (Å²) in [6.07, 6.45) is 6.18. The molecule has 1 heterocycles. The molecule has 84 valence electrons. The summed E-state index contributed by atoms with van der Waals surface area (Å²) >= 11 is 0. The van der Waals surface area contributed by atoms with Crippen molar-refractivity contribution in [2.75, 3.05) is 6.61 Å². The average molecular weight is 210 g/mol. The number of unbranched alkanes of at least 4 members (excludes halogenated alkanes) is 2. The predicted molar refractivity (Wildman–Crippen MR) is 57.8 cm³/mol. The Bertz CT molecular complexity index is 307. The van der Waals surface area contributed by atoms with Crippen LogP contribution >= 0.6 is 0 Å². The molecule has 0 aliphatic carbocycles. The Hall–Kier alpha value is -1.32. The van der Waals surface area contributed by atoms with Gasteiger partial charge < -0.3 is 9.72 Å². The maximum Gasteiger partial charge on any atom is 0.374 e. The number of ether oxygens (including phenoxy) is 1. The fourth-order valence-corrected chi connectivity index (χ4v) is 1.35. The first-order chi connectivity index (χ1) is 7.27. The molecule has 1 aromatic heterocycles. The average Bonchev–Trinajstić information content (AvgIpc) is 2.67. The van der Waals surface area contributed by atoms with Crippen LogP contribution in [0.4, 0.5) is 0 Å². The van der Waals surface area contributed by atoms with Crippen molar-refractivity contribution in [1.82, 2.24) is 9.97 Å². The van der Waals surface area contributed by atoms with E-state index in [1.165, 1.54) is 12.8 Å². The number of aromatic amines is 1. The number of hydrogen-bond acceptors (Lipinski definition) is 3. The zero-order chi connectivity index (χ0) is 11.1. The predicted octanol–water partition coefficient (Wildman–Crippen LogP) is 2.32. The van der Waals surface area contributed by atoms with E-state index in [1.807, 2.05) is 0 Å². The van der Waals surface area contributed by atoms with Crippen molar-refractivity contribution < 1.29 is 9.53 Å². The molecule has 15 heavy (non-hydrogen) atoms. The van der Waals surface area contributed by atoms with Gasteiger partial charge in [-0.2, -0.15) is 0 Å². The summed E-state index contributed by atoms with van der Waals surface area (Å²) in [5.41, 5.74) is 1.01. The minimum Gasteiger partial charge on any atom is -0.460 e. The zero-order valence-electron chi connectivity index (χ0n) is 9.38. The van der Waals surface area contributed by atoms with E-state index in [0.717, 1.165) is 18.5 Å². The summed E-state index contributed by atoms with van der Waals surface area (Å²) in [6.45, 7) is 4.32. The van der Waals surface area contributed by atoms with Gasteiger partial charge in [-0.3, -0.25) is 0 Å². The van der Waals surface area contributed by atoms with Gasteiger partial charge in [-0.05, 0) is 19.8 Å². The van der Waals surface area contributed by atoms with Gasteiger partial charge in [-0.1, -0.05) is 19.8 Å². The Balaban J connectivity index is 2.45. The molecule has 0 unspecified atom stereocenters. The van der Waals surface area contributed by atoms with Crippen molar-refractivity contribution in [2.45, 2.75) is 39.5 Å². The minimum absolute atomic E-state index is 0.309. The molecular formula is C11H18N2O2. The fourth-order valence-electron chi connectivity index (χ4n) is 1.35. The second kappa shape index (κ2) is 6.22. The molecule has 0 amide bonds. The van der Waals surface area contributed by atoms with Gasteiger partial charge in [-0.25, -0.2) is 9.78 Å². The van der Waals surface area contributed by atoms with Crippen molar-refractivity contribution >= 4 is 5.97 Å². The van der Waals surface area contributed by atoms with Gasteiger partial charge in [0.05, 0.1) is 6.61 Å². The van der Waals surface area contributed by atoms with Gasteiger partial charge in [0.25, 0.3) is 0 Å². The SMILES string of the molecule is CCCCCc1cnc(C(=O)OCC)[nH]1. The molecule has 0 saturated carbocycles. The molecule has 4 nitrogen and oxygen atoms in total. The maximum absolute atomic E-state index is 11.3. The molecule has 0 aromatic carbocycles. The van der Waals surface area contributed by atoms with Crippen molar-refractivity contribution in [3.63, 3.8) is 0 Å². The summed E-state index contributed by atoms with van der Waals surface area (Å²) < 4.78 is 4.83. The van der Waals surface area contributed by atoms with Gasteiger partial charge in [0.1, 0.15) is 0 Å². The molecule has 0 bridgehead atoms. The highest BCUT2D eigenvalue weighted by molar-refractivity contribution is 5.85. The van der Waals surface area contributed by atoms with E-state index >= 15 is 0 Å². The topological polar surface area (TPSA) is 55.0 Å². The number of esters is 1. The summed E-state index contributed by atoms with van der Waals surface area (Å²) in [6, 6.07) is 0. The number of aromatic nitrogens is 2. The maximum atomic E-state index is 11.3. The normalized spacial score (nSPS) is 10.3. The Morgan fingerprint density at radius 2 is 2.27 bits per heavy atom. The van der Waals surface area contributed by atoms with Crippen molar-refractivity contribution in [2.24, 2.45) is 0 Å². The second-order valence-electron chi connectivity index (χ2n) is 3.43. The number of rotatable bonds is 6. The van der Waals surface area contributed by atoms with E-state index in [1.54, 1.807) is 13.1 Å². The molecule has 1 aromatic rings. The molecule has 0 radical (unpaired) electrons. The summed E-state index contributed by atoms with van der Waals surface area (Å²) in [5.74, 6) is -0.0670. The minimum atomic E-state index is -0.376. The zero-order valence-corrected chi connectivity index (χ0v) is 9.38. The van der Waals surface area contributed by atoms with Crippen LogP contribution in [0.1, 0.15) is 49.4 Å². The van der Waals surface area contributed by atoms with Crippen LogP contribution in [0.3, 0.4) is 0 Å². The van der Waals surface area contributed by atoms with E-state index in [0.29, 0.717) is 12.4 Å². The number of nitrogens with zero attached hydrogens (tertiary/aromatic N) is 1. The van der Waals surface area contributed by atoms with Crippen LogP contribution in [-0.4, -0.2) is 22.5 Å². The number of imidazole rings is 1. The Morgan fingerprint density at radius 1 is 1.47 bits per heavy atom. The van der Waals surface area contributed by atoms with Gasteiger partial charge in [0.2, 0.25) is 5.82 Å². The highest BCUT2D eigenvalue weighted by Crippen LogP contribution is 2.05. The lowest BCUT2D eigenvalue weighted by molar-refractivity contribution is 0.0513. The number of aryl methyl sites for hydroxylation is 1. The third kappa shape index (κ3) is 3.73. The Labute approximate surface area is 90.1 Å². The number of carbonyl (C=O) groups excluding carboxylic acids is 1. The van der Waals surface area contributed by atoms with Crippen LogP contribution in [0.5, 0.6) is 0 Å². The van der Waals surface area contributed by atoms with Crippen LogP contribution < -0.4 is 0 Å². The molecule has 0 spiro atoms. The third-order valence-electron chi connectivity index (χ3n) is 2.15. The van der Waals surface area contributed by atoms with E-state index in [9.17, 15) is 4.79 Å². The molecule has 0 fully saturated rings. The summed E-state index contributed by atoms with van der Waals surface area (Å²) in [5, 5.41) is 0. The summed E-state index contributed by atoms with van der Waals surface area (Å²) in [4.78, 5) is 18.2. The van der Waals surface area contributed by atoms with Crippen LogP contribution in [-0.2, 0) is 11.2 Å². The van der Waals surface area contributed by atoms with E-state index in [4.69, 9.17) is 4.74 Å². The van der Waals surface area contributed by atoms with Crippen LogP contribution in [0.15, 0.2) is 6.20 Å². The highest BCUT2D eigenvalue weighted by Gasteiger charge is 2.10. The van der Waals surface area contributed by atoms with Gasteiger partial charge in [0, 0.05) is 11.9 Å². The lowest BCUT2D eigenvalue weighted by Gasteiger charge is -1.97. The molecule has 0 atom stereocenters. The van der Waals surface area contributed by atoms with E-state index in [-0.39, 0.29) is 5.97 Å². The fraction of sp³-hybridized carbons (Fsp3) is 0.636. The monoisotopic (exact) mass is 210 g/mol. The van der Waals surface area contributed by atoms with Crippen LogP contribution in [0.25, 0.3) is 0 Å². The molecule has 4 heteroatoms. The van der Waals surface area contributed by atoms with Crippen LogP contribution in [0.2, 0.25) is 0 Å². The highest BCUT2D eigenvalue weighted by atomic mass is 16.5. The van der Waals surface area contributed by atoms with E-state index in [2.05, 4.69) is 16.9 Å². The smallest absolute Gasteiger partial charge is 0.374 e. The molecular weight excluding hydrogens is 192 g/mol. The second-order valence-corrected chi connectivity index (χ2v) is 3.43. The summed E-state index contributed by atoms with van der Waals surface area (Å²) in [7, 11) is 0. The van der Waals surface area contributed by atoms with Crippen molar-refractivity contribution in [3.8, 4) is 0 Å². The lowest BCUT2D eigenvalue weighted by Crippen LogP contribution is -2.06. The third-order valence-corrected chi connectivity index (χ3v) is 2.15. The Kier molecular flexibility index (Phi) is 4.87. The van der Waals surface area contributed by atoms with Gasteiger partial charge in [0.15, 0.2) is 0 Å². The largest absolute Gasteiger partial charge is 0.460 e. The number of carbonyl (C=O) groups is 1. The number of H-pyrrole nitrogens is 1. The van der Waals surface area contributed by atoms with E-state index < -0.39 is 0 Å². The quantitative estimate of drug-likeness (QED) is 0.579. The molecule has 1 N–H and O–H groups in total. The standard InChI is InChI=1S/C11H18N2O2/c1-3-5-6-7-9-8-12-10(13-9)11(14)15-4-2/h8H,3-7H2,1-2H3,(H,12,13). The van der Waals surface area contributed by atoms with Crippen molar-refractivity contribution in [1.29, 1.82) is 0 Å². The molecule has 0 aliphatic heterocycles. The molecule has 0 saturated heterocycles. The molecule has 0 aliphatic rings. The first-order valence-electron chi connectivity index (χ1n) is 5.49. The molecule has 1 rings (SSSR count). The number of nitrogens with one attached hydrogen (secondary N) is 1. The number of hydrogen-bond donors (Lipinski definition) is 1. The van der Waals surface area contributed by atoms with Crippen molar-refractivity contribution in [3.05, 3.63) is 17.7 Å². The Morgan fingerprint density at radius 3 is 2.93 bits per heavy atom.